The molecule has 1 aliphatic rings. The molecule has 1 aliphatic heterocycles. The summed E-state index contributed by atoms with van der Waals surface area (Å²) in [6, 6.07) is 8.57. The van der Waals surface area contributed by atoms with E-state index >= 15 is 0 Å². The lowest BCUT2D eigenvalue weighted by Gasteiger charge is -2.35. The molecule has 0 radical (unpaired) electrons. The van der Waals surface area contributed by atoms with Crippen molar-refractivity contribution in [1.82, 2.24) is 10.2 Å². The number of nitrogens with two attached hydrogens (primary N) is 1. The van der Waals surface area contributed by atoms with E-state index in [1.165, 1.54) is 5.39 Å². The molecule has 1 aromatic carbocycles. The summed E-state index contributed by atoms with van der Waals surface area (Å²) in [5, 5.41) is 10.8. The average Bonchev–Trinajstić information content (AvgIpc) is 2.41. The second kappa shape index (κ2) is 4.53. The Morgan fingerprint density at radius 3 is 3.00 bits per heavy atom. The van der Waals surface area contributed by atoms with Crippen LogP contribution in [-0.2, 0) is 0 Å². The maximum Gasteiger partial charge on any atom is 0.159 e. The summed E-state index contributed by atoms with van der Waals surface area (Å²) < 4.78 is 0. The zero-order valence-electron chi connectivity index (χ0n) is 10.6. The van der Waals surface area contributed by atoms with Crippen LogP contribution in [0.4, 0.5) is 5.82 Å². The van der Waals surface area contributed by atoms with Crippen LogP contribution < -0.4 is 10.6 Å². The number of aromatic nitrogens is 2. The highest BCUT2D eigenvalue weighted by atomic mass is 15.3. The van der Waals surface area contributed by atoms with Crippen molar-refractivity contribution in [3.8, 4) is 0 Å². The van der Waals surface area contributed by atoms with Crippen LogP contribution in [-0.4, -0.2) is 29.3 Å². The number of anilines is 1. The smallest absolute Gasteiger partial charge is 0.159 e. The molecule has 1 saturated heterocycles. The lowest BCUT2D eigenvalue weighted by molar-refractivity contribution is 0.381. The minimum Gasteiger partial charge on any atom is -0.354 e. The first-order valence-corrected chi connectivity index (χ1v) is 6.46. The quantitative estimate of drug-likeness (QED) is 0.828. The highest BCUT2D eigenvalue weighted by Gasteiger charge is 2.25. The molecule has 0 aliphatic carbocycles. The van der Waals surface area contributed by atoms with E-state index in [1.54, 1.807) is 0 Å². The average molecular weight is 242 g/mol. The van der Waals surface area contributed by atoms with Crippen molar-refractivity contribution in [2.45, 2.75) is 19.4 Å². The first-order chi connectivity index (χ1) is 8.75. The van der Waals surface area contributed by atoms with E-state index < -0.39 is 0 Å². The molecule has 94 valence electrons. The van der Waals surface area contributed by atoms with Crippen LogP contribution in [0, 0.1) is 5.92 Å². The molecule has 0 amide bonds. The van der Waals surface area contributed by atoms with Crippen LogP contribution >= 0.6 is 0 Å². The maximum atomic E-state index is 6.07. The minimum absolute atomic E-state index is 0.309. The first kappa shape index (κ1) is 11.4. The van der Waals surface area contributed by atoms with Gasteiger partial charge in [-0.1, -0.05) is 31.2 Å². The number of hydrogen-bond acceptors (Lipinski definition) is 4. The fraction of sp³-hybridized carbons (Fsp3) is 0.429. The van der Waals surface area contributed by atoms with E-state index in [-0.39, 0.29) is 0 Å². The highest BCUT2D eigenvalue weighted by molar-refractivity contribution is 5.91. The monoisotopic (exact) mass is 242 g/mol. The number of fused-ring (bicyclic) bond motifs is 1. The Hall–Kier alpha value is -1.68. The van der Waals surface area contributed by atoms with Gasteiger partial charge >= 0.3 is 0 Å². The number of piperidine rings is 1. The van der Waals surface area contributed by atoms with E-state index in [0.29, 0.717) is 12.0 Å². The van der Waals surface area contributed by atoms with E-state index in [4.69, 9.17) is 5.73 Å². The number of nitrogens with zero attached hydrogens (tertiary/aromatic N) is 3. The lowest BCUT2D eigenvalue weighted by atomic mass is 9.94. The number of rotatable bonds is 1. The van der Waals surface area contributed by atoms with Crippen molar-refractivity contribution in [3.63, 3.8) is 0 Å². The Morgan fingerprint density at radius 1 is 1.33 bits per heavy atom. The van der Waals surface area contributed by atoms with Gasteiger partial charge in [-0.25, -0.2) is 0 Å². The van der Waals surface area contributed by atoms with Crippen LogP contribution in [0.5, 0.6) is 0 Å². The molecule has 4 heteroatoms. The third kappa shape index (κ3) is 1.93. The van der Waals surface area contributed by atoms with E-state index in [2.05, 4.69) is 34.2 Å². The van der Waals surface area contributed by atoms with Gasteiger partial charge in [0.2, 0.25) is 0 Å². The van der Waals surface area contributed by atoms with E-state index in [1.807, 2.05) is 18.3 Å². The summed E-state index contributed by atoms with van der Waals surface area (Å²) in [4.78, 5) is 2.31. The second-order valence-electron chi connectivity index (χ2n) is 5.13. The van der Waals surface area contributed by atoms with Gasteiger partial charge in [-0.3, -0.25) is 0 Å². The van der Waals surface area contributed by atoms with Crippen LogP contribution in [0.3, 0.4) is 0 Å². The van der Waals surface area contributed by atoms with Crippen LogP contribution in [0.25, 0.3) is 10.8 Å². The fourth-order valence-electron chi connectivity index (χ4n) is 2.60. The summed E-state index contributed by atoms with van der Waals surface area (Å²) in [7, 11) is 0. The predicted molar refractivity (Wildman–Crippen MR) is 73.5 cm³/mol. The Bertz CT molecular complexity index is 549. The molecule has 2 unspecified atom stereocenters. The van der Waals surface area contributed by atoms with Gasteiger partial charge in [-0.2, -0.15) is 5.10 Å². The van der Waals surface area contributed by atoms with E-state index in [0.717, 1.165) is 30.7 Å². The Balaban J connectivity index is 1.99. The molecule has 0 saturated carbocycles. The van der Waals surface area contributed by atoms with Crippen LogP contribution in [0.15, 0.2) is 30.5 Å². The van der Waals surface area contributed by atoms with Crippen molar-refractivity contribution in [2.24, 2.45) is 11.7 Å². The molecule has 0 bridgehead atoms. The summed E-state index contributed by atoms with van der Waals surface area (Å²) >= 11 is 0. The highest BCUT2D eigenvalue weighted by Crippen LogP contribution is 2.26. The predicted octanol–water partition coefficient (Wildman–Crippen LogP) is 1.80. The SMILES string of the molecule is CC1CN(c2nncc3ccccc23)CCC1N. The summed E-state index contributed by atoms with van der Waals surface area (Å²) in [6.07, 6.45) is 2.84. The molecule has 1 aromatic heterocycles. The van der Waals surface area contributed by atoms with Gasteiger partial charge in [0, 0.05) is 29.9 Å². The molecule has 4 nitrogen and oxygen atoms in total. The van der Waals surface area contributed by atoms with Gasteiger partial charge in [-0.15, -0.1) is 5.10 Å². The molecule has 0 spiro atoms. The normalized spacial score (nSPS) is 24.4. The molecule has 18 heavy (non-hydrogen) atoms. The lowest BCUT2D eigenvalue weighted by Crippen LogP contribution is -2.46. The van der Waals surface area contributed by atoms with Gasteiger partial charge in [0.1, 0.15) is 0 Å². The van der Waals surface area contributed by atoms with Gasteiger partial charge in [0.25, 0.3) is 0 Å². The molecule has 2 heterocycles. The molecule has 1 fully saturated rings. The topological polar surface area (TPSA) is 55.0 Å². The van der Waals surface area contributed by atoms with Crippen molar-refractivity contribution >= 4 is 16.6 Å². The molecule has 2 N–H and O–H groups in total. The third-order valence-corrected chi connectivity index (χ3v) is 3.82. The summed E-state index contributed by atoms with van der Waals surface area (Å²) in [5.74, 6) is 1.49. The van der Waals surface area contributed by atoms with E-state index in [9.17, 15) is 0 Å². The molecule has 3 rings (SSSR count). The molecular formula is C14H18N4. The fourth-order valence-corrected chi connectivity index (χ4v) is 2.60. The van der Waals surface area contributed by atoms with Crippen molar-refractivity contribution < 1.29 is 0 Å². The summed E-state index contributed by atoms with van der Waals surface area (Å²) in [5.41, 5.74) is 6.07. The van der Waals surface area contributed by atoms with Crippen molar-refractivity contribution in [2.75, 3.05) is 18.0 Å². The Labute approximate surface area is 107 Å². The molecule has 2 atom stereocenters. The third-order valence-electron chi connectivity index (χ3n) is 3.82. The zero-order chi connectivity index (χ0) is 12.5. The summed E-state index contributed by atoms with van der Waals surface area (Å²) in [6.45, 7) is 4.13. The number of hydrogen-bond donors (Lipinski definition) is 1. The molecule has 2 aromatic rings. The van der Waals surface area contributed by atoms with Crippen molar-refractivity contribution in [3.05, 3.63) is 30.5 Å². The largest absolute Gasteiger partial charge is 0.354 e. The molecular weight excluding hydrogens is 224 g/mol. The maximum absolute atomic E-state index is 6.07. The Kier molecular flexibility index (Phi) is 2.88. The minimum atomic E-state index is 0.309. The van der Waals surface area contributed by atoms with Gasteiger partial charge < -0.3 is 10.6 Å². The second-order valence-corrected chi connectivity index (χ2v) is 5.13. The van der Waals surface area contributed by atoms with Gasteiger partial charge in [-0.05, 0) is 12.3 Å². The Morgan fingerprint density at radius 2 is 2.17 bits per heavy atom. The van der Waals surface area contributed by atoms with Gasteiger partial charge in [0.15, 0.2) is 5.82 Å². The van der Waals surface area contributed by atoms with Crippen LogP contribution in [0.1, 0.15) is 13.3 Å². The standard InChI is InChI=1S/C14H18N4/c1-10-9-18(7-6-13(10)15)14-12-5-3-2-4-11(12)8-16-17-14/h2-5,8,10,13H,6-7,9,15H2,1H3. The first-order valence-electron chi connectivity index (χ1n) is 6.46. The zero-order valence-corrected chi connectivity index (χ0v) is 10.6. The van der Waals surface area contributed by atoms with Gasteiger partial charge in [0.05, 0.1) is 6.20 Å². The number of benzene rings is 1. The van der Waals surface area contributed by atoms with Crippen molar-refractivity contribution in [1.29, 1.82) is 0 Å². The van der Waals surface area contributed by atoms with Crippen LogP contribution in [0.2, 0.25) is 0 Å².